The van der Waals surface area contributed by atoms with Gasteiger partial charge in [0, 0.05) is 31.9 Å². The van der Waals surface area contributed by atoms with Gasteiger partial charge in [0.25, 0.3) is 5.91 Å². The number of hydrogen-bond acceptors (Lipinski definition) is 3. The number of imidazole rings is 1. The van der Waals surface area contributed by atoms with E-state index in [4.69, 9.17) is 0 Å². The highest BCUT2D eigenvalue weighted by molar-refractivity contribution is 5.93. The Morgan fingerprint density at radius 2 is 2.15 bits per heavy atom. The van der Waals surface area contributed by atoms with Crippen LogP contribution in [0.25, 0.3) is 5.65 Å². The molecule has 4 rings (SSSR count). The third-order valence-corrected chi connectivity index (χ3v) is 4.74. The lowest BCUT2D eigenvalue weighted by Gasteiger charge is -2.19. The largest absolute Gasteiger partial charge is 0.369 e. The average Bonchev–Trinajstić information content (AvgIpc) is 3.27. The number of rotatable bonds is 4. The van der Waals surface area contributed by atoms with Crippen molar-refractivity contribution in [1.82, 2.24) is 14.7 Å². The van der Waals surface area contributed by atoms with Crippen molar-refractivity contribution in [3.05, 3.63) is 66.1 Å². The van der Waals surface area contributed by atoms with E-state index in [1.165, 1.54) is 12.1 Å². The number of benzene rings is 1. The summed E-state index contributed by atoms with van der Waals surface area (Å²) in [6, 6.07) is 9.17. The van der Waals surface area contributed by atoms with Crippen molar-refractivity contribution in [3.63, 3.8) is 0 Å². The molecule has 1 N–H and O–H groups in total. The van der Waals surface area contributed by atoms with Crippen molar-refractivity contribution in [2.24, 2.45) is 5.92 Å². The number of hydrogen-bond donors (Lipinski definition) is 1. The lowest BCUT2D eigenvalue weighted by Crippen LogP contribution is -2.31. The van der Waals surface area contributed by atoms with Crippen LogP contribution in [-0.2, 0) is 0 Å². The minimum Gasteiger partial charge on any atom is -0.369 e. The number of nitrogens with one attached hydrogen (secondary N) is 1. The number of fused-ring (bicyclic) bond motifs is 1. The van der Waals surface area contributed by atoms with Crippen molar-refractivity contribution in [2.75, 3.05) is 24.5 Å². The van der Waals surface area contributed by atoms with Gasteiger partial charge in [0.15, 0.2) is 0 Å². The first-order valence-electron chi connectivity index (χ1n) is 8.52. The molecule has 0 spiro atoms. The summed E-state index contributed by atoms with van der Waals surface area (Å²) in [4.78, 5) is 18.5. The molecular weight excluding hydrogens is 338 g/mol. The molecule has 26 heavy (non-hydrogen) atoms. The third kappa shape index (κ3) is 3.12. The monoisotopic (exact) mass is 356 g/mol. The van der Waals surface area contributed by atoms with E-state index >= 15 is 0 Å². The van der Waals surface area contributed by atoms with Crippen LogP contribution in [0.4, 0.5) is 14.5 Å². The van der Waals surface area contributed by atoms with Gasteiger partial charge in [-0.1, -0.05) is 6.07 Å². The molecule has 1 aliphatic rings. The van der Waals surface area contributed by atoms with Crippen LogP contribution in [0.2, 0.25) is 0 Å². The number of anilines is 1. The number of carbonyl (C=O) groups excluding carboxylic acids is 1. The minimum atomic E-state index is -0.581. The SMILES string of the molecule is O=C(NCC1CCN(c2ccc(F)cc2F)C1)c1cnc2ccccn12. The Bertz CT molecular complexity index is 956. The molecule has 3 aromatic rings. The molecule has 0 radical (unpaired) electrons. The summed E-state index contributed by atoms with van der Waals surface area (Å²) in [5.74, 6) is -1.11. The predicted molar refractivity (Wildman–Crippen MR) is 94.2 cm³/mol. The molecule has 0 aliphatic carbocycles. The number of pyridine rings is 1. The van der Waals surface area contributed by atoms with Crippen molar-refractivity contribution >= 4 is 17.2 Å². The maximum atomic E-state index is 13.9. The van der Waals surface area contributed by atoms with E-state index in [-0.39, 0.29) is 11.8 Å². The summed E-state index contributed by atoms with van der Waals surface area (Å²) in [5, 5.41) is 2.93. The number of aromatic nitrogens is 2. The van der Waals surface area contributed by atoms with Crippen LogP contribution in [0.3, 0.4) is 0 Å². The molecule has 1 fully saturated rings. The van der Waals surface area contributed by atoms with Gasteiger partial charge in [-0.25, -0.2) is 13.8 Å². The van der Waals surface area contributed by atoms with Crippen molar-refractivity contribution in [3.8, 4) is 0 Å². The van der Waals surface area contributed by atoms with Crippen molar-refractivity contribution in [2.45, 2.75) is 6.42 Å². The Kier molecular flexibility index (Phi) is 4.28. The first-order chi connectivity index (χ1) is 12.6. The molecule has 2 aromatic heterocycles. The lowest BCUT2D eigenvalue weighted by molar-refractivity contribution is 0.0942. The second-order valence-corrected chi connectivity index (χ2v) is 6.48. The van der Waals surface area contributed by atoms with Gasteiger partial charge < -0.3 is 10.2 Å². The van der Waals surface area contributed by atoms with Crippen LogP contribution in [-0.4, -0.2) is 34.9 Å². The Morgan fingerprint density at radius 3 is 3.00 bits per heavy atom. The Morgan fingerprint density at radius 1 is 1.27 bits per heavy atom. The second-order valence-electron chi connectivity index (χ2n) is 6.48. The highest BCUT2D eigenvalue weighted by Crippen LogP contribution is 2.26. The fourth-order valence-electron chi connectivity index (χ4n) is 3.38. The van der Waals surface area contributed by atoms with Crippen LogP contribution in [0.15, 0.2) is 48.8 Å². The standard InChI is InChI=1S/C19H18F2N4O/c20-14-4-5-16(15(21)9-14)24-8-6-13(12-24)10-23-19(26)17-11-22-18-3-1-2-7-25(17)18/h1-5,7,9,11,13H,6,8,10,12H2,(H,23,26). The molecule has 1 amide bonds. The summed E-state index contributed by atoms with van der Waals surface area (Å²) in [7, 11) is 0. The summed E-state index contributed by atoms with van der Waals surface area (Å²) in [6.07, 6.45) is 4.19. The first kappa shape index (κ1) is 16.5. The maximum Gasteiger partial charge on any atom is 0.269 e. The van der Waals surface area contributed by atoms with Crippen LogP contribution < -0.4 is 10.2 Å². The fourth-order valence-corrected chi connectivity index (χ4v) is 3.38. The molecule has 1 unspecified atom stereocenters. The summed E-state index contributed by atoms with van der Waals surface area (Å²) in [5.41, 5.74) is 1.61. The van der Waals surface area contributed by atoms with Gasteiger partial charge in [0.05, 0.1) is 11.9 Å². The molecule has 134 valence electrons. The predicted octanol–water partition coefficient (Wildman–Crippen LogP) is 2.87. The fraction of sp³-hybridized carbons (Fsp3) is 0.263. The molecule has 1 saturated heterocycles. The summed E-state index contributed by atoms with van der Waals surface area (Å²) < 4.78 is 28.7. The van der Waals surface area contributed by atoms with Gasteiger partial charge in [0.1, 0.15) is 23.0 Å². The highest BCUT2D eigenvalue weighted by atomic mass is 19.1. The van der Waals surface area contributed by atoms with Gasteiger partial charge in [-0.15, -0.1) is 0 Å². The van der Waals surface area contributed by atoms with E-state index < -0.39 is 11.6 Å². The topological polar surface area (TPSA) is 49.6 Å². The Labute approximate surface area is 149 Å². The van der Waals surface area contributed by atoms with E-state index in [9.17, 15) is 13.6 Å². The second kappa shape index (κ2) is 6.74. The van der Waals surface area contributed by atoms with E-state index in [1.54, 1.807) is 16.8 Å². The molecule has 1 aliphatic heterocycles. The number of halogens is 2. The van der Waals surface area contributed by atoms with Gasteiger partial charge in [-0.05, 0) is 36.6 Å². The zero-order valence-electron chi connectivity index (χ0n) is 14.0. The van der Waals surface area contributed by atoms with Crippen LogP contribution in [0.1, 0.15) is 16.9 Å². The van der Waals surface area contributed by atoms with E-state index in [2.05, 4.69) is 10.3 Å². The van der Waals surface area contributed by atoms with Crippen LogP contribution >= 0.6 is 0 Å². The average molecular weight is 356 g/mol. The van der Waals surface area contributed by atoms with Crippen molar-refractivity contribution in [1.29, 1.82) is 0 Å². The first-order valence-corrected chi connectivity index (χ1v) is 8.52. The van der Waals surface area contributed by atoms with Crippen LogP contribution in [0, 0.1) is 17.6 Å². The summed E-state index contributed by atoms with van der Waals surface area (Å²) in [6.45, 7) is 1.80. The molecule has 5 nitrogen and oxygen atoms in total. The van der Waals surface area contributed by atoms with Gasteiger partial charge in [-0.2, -0.15) is 0 Å². The quantitative estimate of drug-likeness (QED) is 0.782. The number of carbonyl (C=O) groups is 1. The van der Waals surface area contributed by atoms with Crippen molar-refractivity contribution < 1.29 is 13.6 Å². The van der Waals surface area contributed by atoms with Gasteiger partial charge in [0.2, 0.25) is 0 Å². The molecule has 7 heteroatoms. The van der Waals surface area contributed by atoms with Gasteiger partial charge in [-0.3, -0.25) is 9.20 Å². The summed E-state index contributed by atoms with van der Waals surface area (Å²) >= 11 is 0. The Hall–Kier alpha value is -2.96. The minimum absolute atomic E-state index is 0.185. The number of amides is 1. The highest BCUT2D eigenvalue weighted by Gasteiger charge is 2.25. The number of nitrogens with zero attached hydrogens (tertiary/aromatic N) is 3. The van der Waals surface area contributed by atoms with Gasteiger partial charge >= 0.3 is 0 Å². The normalized spacial score (nSPS) is 17.0. The molecular formula is C19H18F2N4O. The third-order valence-electron chi connectivity index (χ3n) is 4.74. The zero-order chi connectivity index (χ0) is 18.1. The zero-order valence-corrected chi connectivity index (χ0v) is 14.0. The molecule has 0 saturated carbocycles. The molecule has 1 atom stereocenters. The molecule has 0 bridgehead atoms. The van der Waals surface area contributed by atoms with E-state index in [0.29, 0.717) is 31.0 Å². The van der Waals surface area contributed by atoms with E-state index in [1.807, 2.05) is 23.1 Å². The molecule has 3 heterocycles. The van der Waals surface area contributed by atoms with Crippen LogP contribution in [0.5, 0.6) is 0 Å². The van der Waals surface area contributed by atoms with E-state index in [0.717, 1.165) is 18.1 Å². The Balaban J connectivity index is 1.38. The maximum absolute atomic E-state index is 13.9. The smallest absolute Gasteiger partial charge is 0.269 e. The lowest BCUT2D eigenvalue weighted by atomic mass is 10.1. The molecule has 1 aromatic carbocycles.